The van der Waals surface area contributed by atoms with E-state index in [-0.39, 0.29) is 24.8 Å². The zero-order valence-corrected chi connectivity index (χ0v) is 20.3. The maximum atomic E-state index is 13.6. The summed E-state index contributed by atoms with van der Waals surface area (Å²) < 4.78 is 18.0. The molecule has 9 heteroatoms. The molecule has 1 amide bonds. The summed E-state index contributed by atoms with van der Waals surface area (Å²) in [5.74, 6) is 1.54. The first-order chi connectivity index (χ1) is 17.1. The zero-order valence-electron chi connectivity index (χ0n) is 19.4. The van der Waals surface area contributed by atoms with E-state index in [0.717, 1.165) is 17.7 Å². The summed E-state index contributed by atoms with van der Waals surface area (Å²) in [5.41, 5.74) is 2.12. The Balaban J connectivity index is 1.52. The number of carbonyl (C=O) groups is 1. The van der Waals surface area contributed by atoms with Crippen LogP contribution in [0.2, 0.25) is 0 Å². The summed E-state index contributed by atoms with van der Waals surface area (Å²) in [5, 5.41) is 3.45. The van der Waals surface area contributed by atoms with E-state index < -0.39 is 5.25 Å². The van der Waals surface area contributed by atoms with Crippen molar-refractivity contribution in [2.45, 2.75) is 43.6 Å². The minimum atomic E-state index is -0.457. The molecule has 180 valence electrons. The summed E-state index contributed by atoms with van der Waals surface area (Å²) in [7, 11) is 0. The second-order valence-electron chi connectivity index (χ2n) is 8.10. The van der Waals surface area contributed by atoms with Crippen molar-refractivity contribution < 1.29 is 18.7 Å². The first kappa shape index (κ1) is 23.0. The van der Waals surface area contributed by atoms with Crippen LogP contribution >= 0.6 is 11.8 Å². The van der Waals surface area contributed by atoms with Crippen molar-refractivity contribution in [3.8, 4) is 11.5 Å². The summed E-state index contributed by atoms with van der Waals surface area (Å²) in [6.45, 7) is 4.29. The van der Waals surface area contributed by atoms with Crippen LogP contribution in [0.25, 0.3) is 10.9 Å². The molecule has 2 aromatic carbocycles. The number of furan rings is 1. The van der Waals surface area contributed by atoms with E-state index in [1.54, 1.807) is 35.1 Å². The molecule has 0 radical (unpaired) electrons. The van der Waals surface area contributed by atoms with Gasteiger partial charge in [-0.25, -0.2) is 4.98 Å². The molecule has 1 aliphatic heterocycles. The number of aryl methyl sites for hydroxylation is 1. The van der Waals surface area contributed by atoms with Gasteiger partial charge in [-0.2, -0.15) is 0 Å². The van der Waals surface area contributed by atoms with Crippen LogP contribution < -0.4 is 20.3 Å². The van der Waals surface area contributed by atoms with E-state index in [0.29, 0.717) is 39.7 Å². The lowest BCUT2D eigenvalue weighted by atomic mass is 10.1. The van der Waals surface area contributed by atoms with Crippen LogP contribution in [0.15, 0.2) is 69.2 Å². The highest BCUT2D eigenvalue weighted by atomic mass is 32.2. The van der Waals surface area contributed by atoms with Crippen LogP contribution in [0.3, 0.4) is 0 Å². The Bertz CT molecular complexity index is 1430. The van der Waals surface area contributed by atoms with Gasteiger partial charge in [0.25, 0.3) is 5.56 Å². The van der Waals surface area contributed by atoms with Gasteiger partial charge in [0, 0.05) is 11.8 Å². The first-order valence-corrected chi connectivity index (χ1v) is 12.4. The van der Waals surface area contributed by atoms with Crippen LogP contribution in [-0.4, -0.2) is 27.5 Å². The molecule has 1 atom stereocenters. The molecule has 3 heterocycles. The topological polar surface area (TPSA) is 95.6 Å². The third-order valence-electron chi connectivity index (χ3n) is 5.87. The van der Waals surface area contributed by atoms with Gasteiger partial charge in [0.1, 0.15) is 5.76 Å². The van der Waals surface area contributed by atoms with Gasteiger partial charge in [-0.15, -0.1) is 0 Å². The van der Waals surface area contributed by atoms with Gasteiger partial charge >= 0.3 is 0 Å². The van der Waals surface area contributed by atoms with E-state index in [1.807, 2.05) is 31.2 Å². The normalized spacial score (nSPS) is 13.2. The van der Waals surface area contributed by atoms with Crippen molar-refractivity contribution in [3.05, 3.63) is 76.5 Å². The highest BCUT2D eigenvalue weighted by Crippen LogP contribution is 2.35. The molecule has 0 spiro atoms. The number of rotatable bonds is 8. The second kappa shape index (κ2) is 9.87. The Morgan fingerprint density at radius 3 is 2.69 bits per heavy atom. The Kier molecular flexibility index (Phi) is 6.50. The van der Waals surface area contributed by atoms with Crippen LogP contribution in [-0.2, 0) is 17.8 Å². The fraction of sp³-hybridized carbons (Fsp3) is 0.269. The molecule has 35 heavy (non-hydrogen) atoms. The molecule has 0 bridgehead atoms. The van der Waals surface area contributed by atoms with Crippen LogP contribution in [0.4, 0.5) is 5.69 Å². The van der Waals surface area contributed by atoms with Crippen molar-refractivity contribution in [2.75, 3.05) is 12.1 Å². The van der Waals surface area contributed by atoms with Gasteiger partial charge in [-0.3, -0.25) is 14.2 Å². The van der Waals surface area contributed by atoms with Gasteiger partial charge in [0.05, 0.1) is 29.0 Å². The smallest absolute Gasteiger partial charge is 0.262 e. The molecule has 5 rings (SSSR count). The van der Waals surface area contributed by atoms with E-state index in [2.05, 4.69) is 12.2 Å². The van der Waals surface area contributed by atoms with E-state index in [4.69, 9.17) is 18.9 Å². The van der Waals surface area contributed by atoms with Crippen molar-refractivity contribution >= 4 is 34.3 Å². The number of anilines is 1. The Labute approximate surface area is 206 Å². The standard InChI is InChI=1S/C26H25N3O5S/c1-3-16-8-5-6-10-19(16)27-24(30)23(4-2)35-26-28-20-13-22-21(33-15-34-22)12-18(20)25(31)29(26)14-17-9-7-11-32-17/h5-13,23H,3-4,14-15H2,1-2H3,(H,27,30)/t23-/m1/s1. The number of carbonyl (C=O) groups excluding carboxylic acids is 1. The second-order valence-corrected chi connectivity index (χ2v) is 9.27. The number of aromatic nitrogens is 2. The molecule has 0 unspecified atom stereocenters. The molecule has 1 aliphatic rings. The molecule has 0 fully saturated rings. The third kappa shape index (κ3) is 4.64. The van der Waals surface area contributed by atoms with Gasteiger partial charge < -0.3 is 19.2 Å². The quantitative estimate of drug-likeness (QED) is 0.278. The molecule has 4 aromatic rings. The number of nitrogens with one attached hydrogen (secondary N) is 1. The number of ether oxygens (including phenoxy) is 2. The maximum absolute atomic E-state index is 13.6. The predicted octanol–water partition coefficient (Wildman–Crippen LogP) is 4.84. The van der Waals surface area contributed by atoms with E-state index in [9.17, 15) is 9.59 Å². The van der Waals surface area contributed by atoms with E-state index in [1.165, 1.54) is 11.8 Å². The average Bonchev–Trinajstić information content (AvgIpc) is 3.55. The first-order valence-electron chi connectivity index (χ1n) is 11.5. The zero-order chi connectivity index (χ0) is 24.4. The minimum Gasteiger partial charge on any atom is -0.467 e. The summed E-state index contributed by atoms with van der Waals surface area (Å²) >= 11 is 1.27. The number of thioether (sulfide) groups is 1. The Morgan fingerprint density at radius 1 is 1.14 bits per heavy atom. The van der Waals surface area contributed by atoms with Crippen LogP contribution in [0.5, 0.6) is 11.5 Å². The summed E-state index contributed by atoms with van der Waals surface area (Å²) in [4.78, 5) is 31.6. The third-order valence-corrected chi connectivity index (χ3v) is 7.23. The lowest BCUT2D eigenvalue weighted by Gasteiger charge is -2.18. The number of nitrogens with zero attached hydrogens (tertiary/aromatic N) is 2. The summed E-state index contributed by atoms with van der Waals surface area (Å²) in [6, 6.07) is 14.7. The van der Waals surface area contributed by atoms with Crippen molar-refractivity contribution in [2.24, 2.45) is 0 Å². The Hall–Kier alpha value is -3.72. The summed E-state index contributed by atoms with van der Waals surface area (Å²) in [6.07, 6.45) is 2.93. The molecule has 1 N–H and O–H groups in total. The molecule has 2 aromatic heterocycles. The molecule has 0 aliphatic carbocycles. The van der Waals surface area contributed by atoms with Crippen molar-refractivity contribution in [3.63, 3.8) is 0 Å². The molecule has 0 saturated carbocycles. The number of hydrogen-bond acceptors (Lipinski definition) is 7. The van der Waals surface area contributed by atoms with Crippen LogP contribution in [0.1, 0.15) is 31.6 Å². The molecule has 8 nitrogen and oxygen atoms in total. The fourth-order valence-corrected chi connectivity index (χ4v) is 5.00. The number of fused-ring (bicyclic) bond motifs is 2. The predicted molar refractivity (Wildman–Crippen MR) is 134 cm³/mol. The number of amides is 1. The SMILES string of the molecule is CCc1ccccc1NC(=O)[C@@H](CC)Sc1nc2cc3c(cc2c(=O)n1Cc1ccco1)OCO3. The number of benzene rings is 2. The van der Waals surface area contributed by atoms with E-state index >= 15 is 0 Å². The van der Waals surface area contributed by atoms with Gasteiger partial charge in [0.15, 0.2) is 16.7 Å². The van der Waals surface area contributed by atoms with Gasteiger partial charge in [-0.05, 0) is 42.7 Å². The monoisotopic (exact) mass is 491 g/mol. The molecular formula is C26H25N3O5S. The van der Waals surface area contributed by atoms with Crippen molar-refractivity contribution in [1.29, 1.82) is 0 Å². The highest BCUT2D eigenvalue weighted by molar-refractivity contribution is 8.00. The Morgan fingerprint density at radius 2 is 1.94 bits per heavy atom. The van der Waals surface area contributed by atoms with Crippen molar-refractivity contribution in [1.82, 2.24) is 9.55 Å². The van der Waals surface area contributed by atoms with Gasteiger partial charge in [0.2, 0.25) is 12.7 Å². The highest BCUT2D eigenvalue weighted by Gasteiger charge is 2.24. The lowest BCUT2D eigenvalue weighted by molar-refractivity contribution is -0.115. The van der Waals surface area contributed by atoms with Gasteiger partial charge in [-0.1, -0.05) is 43.8 Å². The van der Waals surface area contributed by atoms with Crippen LogP contribution in [0, 0.1) is 0 Å². The maximum Gasteiger partial charge on any atom is 0.262 e. The largest absolute Gasteiger partial charge is 0.467 e. The average molecular weight is 492 g/mol. The number of hydrogen-bond donors (Lipinski definition) is 1. The molecular weight excluding hydrogens is 466 g/mol. The molecule has 0 saturated heterocycles. The minimum absolute atomic E-state index is 0.102. The lowest BCUT2D eigenvalue weighted by Crippen LogP contribution is -2.28. The number of para-hydroxylation sites is 1. The fourth-order valence-electron chi connectivity index (χ4n) is 3.99.